The van der Waals surface area contributed by atoms with Gasteiger partial charge in [-0.25, -0.2) is 0 Å². The first-order chi connectivity index (χ1) is 7.75. The van der Waals surface area contributed by atoms with Crippen molar-refractivity contribution in [2.75, 3.05) is 13.4 Å². The van der Waals surface area contributed by atoms with E-state index in [9.17, 15) is 5.11 Å². The zero-order valence-electron chi connectivity index (χ0n) is 9.56. The molecule has 2 unspecified atom stereocenters. The minimum atomic E-state index is -0.241. The SMILES string of the molecule is CC(O)CCc1cccc(C2COCO2)c1. The Hall–Kier alpha value is -0.900. The van der Waals surface area contributed by atoms with Gasteiger partial charge in [-0.3, -0.25) is 0 Å². The molecule has 16 heavy (non-hydrogen) atoms. The van der Waals surface area contributed by atoms with Crippen LogP contribution in [0.3, 0.4) is 0 Å². The number of aryl methyl sites for hydroxylation is 1. The van der Waals surface area contributed by atoms with Gasteiger partial charge in [-0.05, 0) is 30.9 Å². The van der Waals surface area contributed by atoms with Crippen molar-refractivity contribution in [2.45, 2.75) is 32.0 Å². The highest BCUT2D eigenvalue weighted by molar-refractivity contribution is 5.25. The molecule has 0 spiro atoms. The van der Waals surface area contributed by atoms with Crippen LogP contribution in [0.1, 0.15) is 30.6 Å². The predicted molar refractivity (Wildman–Crippen MR) is 61.1 cm³/mol. The third kappa shape index (κ3) is 3.04. The number of benzene rings is 1. The van der Waals surface area contributed by atoms with E-state index in [0.717, 1.165) is 12.8 Å². The highest BCUT2D eigenvalue weighted by Crippen LogP contribution is 2.23. The van der Waals surface area contributed by atoms with Crippen molar-refractivity contribution in [3.63, 3.8) is 0 Å². The van der Waals surface area contributed by atoms with Gasteiger partial charge in [-0.2, -0.15) is 0 Å². The lowest BCUT2D eigenvalue weighted by Crippen LogP contribution is -2.03. The van der Waals surface area contributed by atoms with E-state index in [0.29, 0.717) is 13.4 Å². The molecule has 1 saturated heterocycles. The van der Waals surface area contributed by atoms with E-state index in [-0.39, 0.29) is 12.2 Å². The molecule has 2 rings (SSSR count). The van der Waals surface area contributed by atoms with Crippen LogP contribution in [0.5, 0.6) is 0 Å². The Kier molecular flexibility index (Phi) is 3.93. The number of hydrogen-bond acceptors (Lipinski definition) is 3. The first kappa shape index (κ1) is 11.6. The first-order valence-electron chi connectivity index (χ1n) is 5.72. The maximum Gasteiger partial charge on any atom is 0.147 e. The standard InChI is InChI=1S/C13H18O3/c1-10(14)5-6-11-3-2-4-12(7-11)13-8-15-9-16-13/h2-4,7,10,13-14H,5-6,8-9H2,1H3. The van der Waals surface area contributed by atoms with E-state index in [1.54, 1.807) is 0 Å². The molecule has 0 aliphatic carbocycles. The summed E-state index contributed by atoms with van der Waals surface area (Å²) in [6.45, 7) is 2.85. The third-order valence-corrected chi connectivity index (χ3v) is 2.80. The average Bonchev–Trinajstić information content (AvgIpc) is 2.80. The molecule has 0 radical (unpaired) electrons. The van der Waals surface area contributed by atoms with Crippen LogP contribution in [-0.4, -0.2) is 24.6 Å². The Morgan fingerprint density at radius 1 is 1.50 bits per heavy atom. The van der Waals surface area contributed by atoms with E-state index >= 15 is 0 Å². The fraction of sp³-hybridized carbons (Fsp3) is 0.538. The molecule has 0 saturated carbocycles. The summed E-state index contributed by atoms with van der Waals surface area (Å²) in [6.07, 6.45) is 1.53. The molecule has 88 valence electrons. The third-order valence-electron chi connectivity index (χ3n) is 2.80. The molecule has 1 heterocycles. The van der Waals surface area contributed by atoms with Gasteiger partial charge in [0.05, 0.1) is 12.7 Å². The van der Waals surface area contributed by atoms with Crippen molar-refractivity contribution >= 4 is 0 Å². The van der Waals surface area contributed by atoms with Crippen molar-refractivity contribution in [3.05, 3.63) is 35.4 Å². The summed E-state index contributed by atoms with van der Waals surface area (Å²) < 4.78 is 10.6. The molecule has 0 amide bonds. The van der Waals surface area contributed by atoms with Crippen LogP contribution in [-0.2, 0) is 15.9 Å². The monoisotopic (exact) mass is 222 g/mol. The molecule has 1 aromatic carbocycles. The largest absolute Gasteiger partial charge is 0.393 e. The first-order valence-corrected chi connectivity index (χ1v) is 5.72. The Bertz CT molecular complexity index is 330. The molecule has 3 heteroatoms. The Morgan fingerprint density at radius 3 is 3.06 bits per heavy atom. The fourth-order valence-corrected chi connectivity index (χ4v) is 1.85. The lowest BCUT2D eigenvalue weighted by Gasteiger charge is -2.10. The van der Waals surface area contributed by atoms with Crippen molar-refractivity contribution < 1.29 is 14.6 Å². The second-order valence-electron chi connectivity index (χ2n) is 4.28. The van der Waals surface area contributed by atoms with Crippen molar-refractivity contribution in [2.24, 2.45) is 0 Å². The van der Waals surface area contributed by atoms with E-state index < -0.39 is 0 Å². The van der Waals surface area contributed by atoms with Gasteiger partial charge in [-0.15, -0.1) is 0 Å². The zero-order valence-corrected chi connectivity index (χ0v) is 9.56. The van der Waals surface area contributed by atoms with E-state index in [1.165, 1.54) is 11.1 Å². The molecule has 1 N–H and O–H groups in total. The number of aliphatic hydroxyl groups excluding tert-OH is 1. The van der Waals surface area contributed by atoms with E-state index in [4.69, 9.17) is 9.47 Å². The Labute approximate surface area is 96.0 Å². The van der Waals surface area contributed by atoms with Crippen molar-refractivity contribution in [3.8, 4) is 0 Å². The topological polar surface area (TPSA) is 38.7 Å². The van der Waals surface area contributed by atoms with E-state index in [1.807, 2.05) is 13.0 Å². The smallest absolute Gasteiger partial charge is 0.147 e. The van der Waals surface area contributed by atoms with Gasteiger partial charge in [0.2, 0.25) is 0 Å². The van der Waals surface area contributed by atoms with Crippen LogP contribution in [0.2, 0.25) is 0 Å². The molecule has 1 aliphatic rings. The quantitative estimate of drug-likeness (QED) is 0.847. The summed E-state index contributed by atoms with van der Waals surface area (Å²) in [7, 11) is 0. The minimum Gasteiger partial charge on any atom is -0.393 e. The van der Waals surface area contributed by atoms with Gasteiger partial charge >= 0.3 is 0 Å². The second-order valence-corrected chi connectivity index (χ2v) is 4.28. The van der Waals surface area contributed by atoms with Crippen LogP contribution in [0.4, 0.5) is 0 Å². The van der Waals surface area contributed by atoms with Gasteiger partial charge in [0.15, 0.2) is 0 Å². The number of rotatable bonds is 4. The molecule has 0 bridgehead atoms. The van der Waals surface area contributed by atoms with Crippen molar-refractivity contribution in [1.29, 1.82) is 0 Å². The molecular formula is C13H18O3. The lowest BCUT2D eigenvalue weighted by atomic mass is 10.0. The molecule has 1 aromatic rings. The Morgan fingerprint density at radius 2 is 2.38 bits per heavy atom. The van der Waals surface area contributed by atoms with Crippen LogP contribution in [0.15, 0.2) is 24.3 Å². The summed E-state index contributed by atoms with van der Waals surface area (Å²) in [5.41, 5.74) is 2.41. The Balaban J connectivity index is 2.01. The fourth-order valence-electron chi connectivity index (χ4n) is 1.85. The highest BCUT2D eigenvalue weighted by Gasteiger charge is 2.18. The second kappa shape index (κ2) is 5.43. The van der Waals surface area contributed by atoms with Gasteiger partial charge < -0.3 is 14.6 Å². The summed E-state index contributed by atoms with van der Waals surface area (Å²) in [6, 6.07) is 8.32. The van der Waals surface area contributed by atoms with Gasteiger partial charge in [0.25, 0.3) is 0 Å². The van der Waals surface area contributed by atoms with Crippen LogP contribution < -0.4 is 0 Å². The van der Waals surface area contributed by atoms with Gasteiger partial charge in [0, 0.05) is 0 Å². The summed E-state index contributed by atoms with van der Waals surface area (Å²) in [5.74, 6) is 0. The van der Waals surface area contributed by atoms with Gasteiger partial charge in [0.1, 0.15) is 12.9 Å². The average molecular weight is 222 g/mol. The van der Waals surface area contributed by atoms with Crippen LogP contribution in [0.25, 0.3) is 0 Å². The van der Waals surface area contributed by atoms with Crippen LogP contribution >= 0.6 is 0 Å². The lowest BCUT2D eigenvalue weighted by molar-refractivity contribution is 0.0466. The number of aliphatic hydroxyl groups is 1. The maximum absolute atomic E-state index is 9.25. The zero-order chi connectivity index (χ0) is 11.4. The molecule has 3 nitrogen and oxygen atoms in total. The molecule has 0 aromatic heterocycles. The number of ether oxygens (including phenoxy) is 2. The molecule has 1 aliphatic heterocycles. The highest BCUT2D eigenvalue weighted by atomic mass is 16.7. The normalized spacial score (nSPS) is 22.2. The predicted octanol–water partition coefficient (Wildman–Crippen LogP) is 2.05. The minimum absolute atomic E-state index is 0.0755. The maximum atomic E-state index is 9.25. The number of hydrogen-bond donors (Lipinski definition) is 1. The molecular weight excluding hydrogens is 204 g/mol. The van der Waals surface area contributed by atoms with Crippen LogP contribution in [0, 0.1) is 0 Å². The van der Waals surface area contributed by atoms with Gasteiger partial charge in [-0.1, -0.05) is 24.3 Å². The van der Waals surface area contributed by atoms with E-state index in [2.05, 4.69) is 18.2 Å². The van der Waals surface area contributed by atoms with Crippen molar-refractivity contribution in [1.82, 2.24) is 0 Å². The molecule has 2 atom stereocenters. The summed E-state index contributed by atoms with van der Waals surface area (Å²) >= 11 is 0. The molecule has 1 fully saturated rings. The summed E-state index contributed by atoms with van der Waals surface area (Å²) in [4.78, 5) is 0. The summed E-state index contributed by atoms with van der Waals surface area (Å²) in [5, 5.41) is 9.25.